The molecule has 2 aromatic rings. The molecule has 0 aliphatic carbocycles. The van der Waals surface area contributed by atoms with E-state index in [1.165, 1.54) is 0 Å². The second-order valence-electron chi connectivity index (χ2n) is 5.07. The van der Waals surface area contributed by atoms with E-state index in [1.807, 2.05) is 30.5 Å². The number of hydrogen-bond donors (Lipinski definition) is 1. The zero-order valence-electron chi connectivity index (χ0n) is 10.6. The number of para-hydroxylation sites is 1. The van der Waals surface area contributed by atoms with Gasteiger partial charge in [-0.3, -0.25) is 0 Å². The summed E-state index contributed by atoms with van der Waals surface area (Å²) in [6.07, 6.45) is 3.03. The van der Waals surface area contributed by atoms with E-state index in [9.17, 15) is 0 Å². The van der Waals surface area contributed by atoms with Gasteiger partial charge in [0, 0.05) is 24.2 Å². The number of aromatic nitrogens is 2. The molecule has 1 aliphatic rings. The van der Waals surface area contributed by atoms with Crippen LogP contribution in [0.2, 0.25) is 0 Å². The van der Waals surface area contributed by atoms with Gasteiger partial charge in [-0.15, -0.1) is 0 Å². The number of rotatable bonds is 2. The molecule has 0 bridgehead atoms. The molecule has 1 aromatic heterocycles. The Labute approximate surface area is 107 Å². The molecule has 2 heterocycles. The number of anilines is 1. The highest BCUT2D eigenvalue weighted by molar-refractivity contribution is 5.78. The molecule has 0 amide bonds. The molecule has 1 saturated heterocycles. The molecule has 0 radical (unpaired) electrons. The zero-order chi connectivity index (χ0) is 12.5. The average Bonchev–Trinajstić information content (AvgIpc) is 2.79. The quantitative estimate of drug-likeness (QED) is 0.872. The predicted molar refractivity (Wildman–Crippen MR) is 73.5 cm³/mol. The molecule has 1 aliphatic heterocycles. The summed E-state index contributed by atoms with van der Waals surface area (Å²) >= 11 is 0. The fourth-order valence-corrected chi connectivity index (χ4v) is 2.69. The van der Waals surface area contributed by atoms with Crippen LogP contribution in [-0.4, -0.2) is 29.1 Å². The molecular formula is C14H18N4. The van der Waals surface area contributed by atoms with E-state index in [4.69, 9.17) is 5.73 Å². The molecule has 18 heavy (non-hydrogen) atoms. The van der Waals surface area contributed by atoms with E-state index in [-0.39, 0.29) is 0 Å². The van der Waals surface area contributed by atoms with Crippen LogP contribution in [-0.2, 0) is 0 Å². The predicted octanol–water partition coefficient (Wildman–Crippen LogP) is 1.80. The third-order valence-electron chi connectivity index (χ3n) is 3.73. The van der Waals surface area contributed by atoms with Gasteiger partial charge in [-0.2, -0.15) is 0 Å². The molecule has 2 unspecified atom stereocenters. The van der Waals surface area contributed by atoms with Gasteiger partial charge in [0.25, 0.3) is 0 Å². The summed E-state index contributed by atoms with van der Waals surface area (Å²) in [5.41, 5.74) is 6.76. The highest BCUT2D eigenvalue weighted by Crippen LogP contribution is 2.26. The summed E-state index contributed by atoms with van der Waals surface area (Å²) in [5, 5.41) is 1.09. The third kappa shape index (κ3) is 1.93. The molecule has 1 aromatic carbocycles. The van der Waals surface area contributed by atoms with Crippen LogP contribution in [0.5, 0.6) is 0 Å². The monoisotopic (exact) mass is 242 g/mol. The number of hydrogen-bond acceptors (Lipinski definition) is 4. The normalized spacial score (nSPS) is 23.8. The fourth-order valence-electron chi connectivity index (χ4n) is 2.69. The van der Waals surface area contributed by atoms with E-state index >= 15 is 0 Å². The van der Waals surface area contributed by atoms with Crippen molar-refractivity contribution in [2.45, 2.75) is 19.4 Å². The van der Waals surface area contributed by atoms with Crippen LogP contribution in [0.4, 0.5) is 5.95 Å². The average molecular weight is 242 g/mol. The first-order valence-corrected chi connectivity index (χ1v) is 6.46. The molecule has 2 atom stereocenters. The first kappa shape index (κ1) is 11.4. The van der Waals surface area contributed by atoms with Crippen LogP contribution >= 0.6 is 0 Å². The minimum atomic E-state index is 0.472. The minimum absolute atomic E-state index is 0.472. The Balaban J connectivity index is 1.94. The summed E-state index contributed by atoms with van der Waals surface area (Å²) in [6.45, 7) is 3.93. The first-order chi connectivity index (χ1) is 8.78. The van der Waals surface area contributed by atoms with Gasteiger partial charge in [0.05, 0.1) is 5.52 Å². The van der Waals surface area contributed by atoms with E-state index in [0.717, 1.165) is 36.4 Å². The SMILES string of the molecule is CC1CC(CN)CN1c1ncc2ccccc2n1. The lowest BCUT2D eigenvalue weighted by atomic mass is 10.1. The second kappa shape index (κ2) is 4.53. The Morgan fingerprint density at radius 1 is 1.39 bits per heavy atom. The Kier molecular flexibility index (Phi) is 2.88. The van der Waals surface area contributed by atoms with E-state index in [0.29, 0.717) is 12.0 Å². The van der Waals surface area contributed by atoms with Crippen LogP contribution in [0.15, 0.2) is 30.5 Å². The Bertz CT molecular complexity index is 554. The first-order valence-electron chi connectivity index (χ1n) is 6.46. The lowest BCUT2D eigenvalue weighted by Crippen LogP contribution is -2.29. The van der Waals surface area contributed by atoms with Crippen molar-refractivity contribution < 1.29 is 0 Å². The van der Waals surface area contributed by atoms with Crippen LogP contribution in [0, 0.1) is 5.92 Å². The number of nitrogens with zero attached hydrogens (tertiary/aromatic N) is 3. The van der Waals surface area contributed by atoms with Gasteiger partial charge < -0.3 is 10.6 Å². The highest BCUT2D eigenvalue weighted by Gasteiger charge is 2.29. The van der Waals surface area contributed by atoms with Crippen molar-refractivity contribution in [3.05, 3.63) is 30.5 Å². The van der Waals surface area contributed by atoms with E-state index in [2.05, 4.69) is 21.8 Å². The van der Waals surface area contributed by atoms with Gasteiger partial charge in [0.2, 0.25) is 5.95 Å². The summed E-state index contributed by atoms with van der Waals surface area (Å²) in [5.74, 6) is 1.40. The summed E-state index contributed by atoms with van der Waals surface area (Å²) in [6, 6.07) is 8.56. The van der Waals surface area contributed by atoms with Gasteiger partial charge in [0.15, 0.2) is 0 Å². The van der Waals surface area contributed by atoms with Crippen molar-refractivity contribution in [3.63, 3.8) is 0 Å². The smallest absolute Gasteiger partial charge is 0.226 e. The lowest BCUT2D eigenvalue weighted by molar-refractivity contribution is 0.579. The zero-order valence-corrected chi connectivity index (χ0v) is 10.6. The lowest BCUT2D eigenvalue weighted by Gasteiger charge is -2.21. The van der Waals surface area contributed by atoms with Crippen LogP contribution in [0.1, 0.15) is 13.3 Å². The number of nitrogens with two attached hydrogens (primary N) is 1. The second-order valence-corrected chi connectivity index (χ2v) is 5.07. The van der Waals surface area contributed by atoms with Crippen LogP contribution < -0.4 is 10.6 Å². The van der Waals surface area contributed by atoms with Crippen molar-refractivity contribution in [2.75, 3.05) is 18.0 Å². The molecule has 2 N–H and O–H groups in total. The van der Waals surface area contributed by atoms with E-state index in [1.54, 1.807) is 0 Å². The standard InChI is InChI=1S/C14H18N4/c1-10-6-11(7-15)9-18(10)14-16-8-12-4-2-3-5-13(12)17-14/h2-5,8,10-11H,6-7,9,15H2,1H3. The van der Waals surface area contributed by atoms with Gasteiger partial charge in [-0.1, -0.05) is 18.2 Å². The summed E-state index contributed by atoms with van der Waals surface area (Å²) in [7, 11) is 0. The Morgan fingerprint density at radius 3 is 3.00 bits per heavy atom. The maximum atomic E-state index is 5.76. The van der Waals surface area contributed by atoms with Crippen molar-refractivity contribution in [3.8, 4) is 0 Å². The maximum absolute atomic E-state index is 5.76. The Morgan fingerprint density at radius 2 is 2.22 bits per heavy atom. The molecule has 4 nitrogen and oxygen atoms in total. The molecule has 94 valence electrons. The largest absolute Gasteiger partial charge is 0.338 e. The van der Waals surface area contributed by atoms with Gasteiger partial charge in [-0.05, 0) is 31.9 Å². The maximum Gasteiger partial charge on any atom is 0.226 e. The molecule has 3 rings (SSSR count). The highest BCUT2D eigenvalue weighted by atomic mass is 15.3. The third-order valence-corrected chi connectivity index (χ3v) is 3.73. The van der Waals surface area contributed by atoms with Gasteiger partial charge in [-0.25, -0.2) is 9.97 Å². The summed E-state index contributed by atoms with van der Waals surface area (Å²) in [4.78, 5) is 11.4. The van der Waals surface area contributed by atoms with Crippen molar-refractivity contribution >= 4 is 16.9 Å². The molecule has 0 spiro atoms. The molecular weight excluding hydrogens is 224 g/mol. The van der Waals surface area contributed by atoms with Gasteiger partial charge in [0.1, 0.15) is 0 Å². The van der Waals surface area contributed by atoms with Crippen molar-refractivity contribution in [1.82, 2.24) is 9.97 Å². The van der Waals surface area contributed by atoms with Crippen molar-refractivity contribution in [1.29, 1.82) is 0 Å². The minimum Gasteiger partial charge on any atom is -0.338 e. The van der Waals surface area contributed by atoms with Crippen molar-refractivity contribution in [2.24, 2.45) is 11.7 Å². The molecule has 4 heteroatoms. The number of benzene rings is 1. The Hall–Kier alpha value is -1.68. The molecule has 0 saturated carbocycles. The van der Waals surface area contributed by atoms with E-state index < -0.39 is 0 Å². The van der Waals surface area contributed by atoms with Crippen LogP contribution in [0.3, 0.4) is 0 Å². The van der Waals surface area contributed by atoms with Crippen LogP contribution in [0.25, 0.3) is 10.9 Å². The topological polar surface area (TPSA) is 55.0 Å². The fraction of sp³-hybridized carbons (Fsp3) is 0.429. The summed E-state index contributed by atoms with van der Waals surface area (Å²) < 4.78 is 0. The van der Waals surface area contributed by atoms with Gasteiger partial charge >= 0.3 is 0 Å². The number of fused-ring (bicyclic) bond motifs is 1. The molecule has 1 fully saturated rings.